The van der Waals surface area contributed by atoms with E-state index in [1.165, 1.54) is 50.6 Å². The van der Waals surface area contributed by atoms with Crippen molar-refractivity contribution >= 4 is 32.4 Å². The Balaban J connectivity index is 1.74. The highest BCUT2D eigenvalue weighted by molar-refractivity contribution is 7.86. The number of rotatable bonds is 7. The number of hydrogen-bond acceptors (Lipinski definition) is 6. The van der Waals surface area contributed by atoms with Gasteiger partial charge in [0, 0.05) is 29.9 Å². The maximum Gasteiger partial charge on any atom is 0.273 e. The molecule has 1 aliphatic rings. The van der Waals surface area contributed by atoms with Gasteiger partial charge >= 0.3 is 0 Å². The smallest absolute Gasteiger partial charge is 0.273 e. The van der Waals surface area contributed by atoms with E-state index in [1.54, 1.807) is 13.3 Å². The van der Waals surface area contributed by atoms with Crippen LogP contribution in [0.2, 0.25) is 0 Å². The molecule has 0 bridgehead atoms. The zero-order valence-corrected chi connectivity index (χ0v) is 18.4. The molecule has 2 heterocycles. The van der Waals surface area contributed by atoms with Gasteiger partial charge in [0.25, 0.3) is 10.1 Å². The number of thiazole rings is 1. The predicted molar refractivity (Wildman–Crippen MR) is 116 cm³/mol. The number of para-hydroxylation sites is 1. The minimum absolute atomic E-state index is 0.210. The molecule has 156 valence electrons. The highest BCUT2D eigenvalue weighted by atomic mass is 32.2. The lowest BCUT2D eigenvalue weighted by Crippen LogP contribution is -2.13. The van der Waals surface area contributed by atoms with Crippen LogP contribution >= 0.6 is 11.3 Å². The molecule has 0 amide bonds. The first-order valence-corrected chi connectivity index (χ1v) is 12.3. The van der Waals surface area contributed by atoms with E-state index in [-0.39, 0.29) is 5.75 Å². The Labute approximate surface area is 175 Å². The molecule has 29 heavy (non-hydrogen) atoms. The number of aromatic nitrogens is 2. The zero-order valence-electron chi connectivity index (χ0n) is 16.8. The Hall–Kier alpha value is -1.90. The van der Waals surface area contributed by atoms with E-state index in [1.807, 2.05) is 12.1 Å². The van der Waals surface area contributed by atoms with Crippen LogP contribution in [0.15, 0.2) is 30.6 Å². The molecule has 0 aliphatic heterocycles. The lowest BCUT2D eigenvalue weighted by Gasteiger charge is -2.22. The highest BCUT2D eigenvalue weighted by Gasteiger charge is 2.21. The van der Waals surface area contributed by atoms with Gasteiger partial charge in [-0.3, -0.25) is 4.18 Å². The molecule has 3 aromatic rings. The van der Waals surface area contributed by atoms with Gasteiger partial charge in [0.1, 0.15) is 16.5 Å². The van der Waals surface area contributed by atoms with Crippen LogP contribution in [0.25, 0.3) is 21.3 Å². The van der Waals surface area contributed by atoms with Crippen LogP contribution in [0.4, 0.5) is 0 Å². The minimum atomic E-state index is -3.59. The van der Waals surface area contributed by atoms with Gasteiger partial charge in [0.05, 0.1) is 24.6 Å². The summed E-state index contributed by atoms with van der Waals surface area (Å²) in [7, 11) is -0.709. The summed E-state index contributed by atoms with van der Waals surface area (Å²) in [5.74, 6) is 1.33. The first kappa shape index (κ1) is 20.4. The van der Waals surface area contributed by atoms with Gasteiger partial charge in [-0.15, -0.1) is 11.3 Å². The predicted octanol–water partition coefficient (Wildman–Crippen LogP) is 4.83. The average Bonchev–Trinajstić information content (AvgIpc) is 3.33. The molecule has 4 rings (SSSR count). The summed E-state index contributed by atoms with van der Waals surface area (Å²) in [5, 5.41) is 1.63. The first-order valence-electron chi connectivity index (χ1n) is 9.90. The van der Waals surface area contributed by atoms with Crippen molar-refractivity contribution in [2.75, 3.05) is 14.2 Å². The Morgan fingerprint density at radius 3 is 2.72 bits per heavy atom. The number of ether oxygens (including phenoxy) is 1. The van der Waals surface area contributed by atoms with Crippen molar-refractivity contribution in [2.24, 2.45) is 5.92 Å². The number of nitrogens with zero attached hydrogens (tertiary/aromatic N) is 2. The second-order valence-electron chi connectivity index (χ2n) is 7.54. The molecule has 0 N–H and O–H groups in total. The first-order chi connectivity index (χ1) is 14.0. The van der Waals surface area contributed by atoms with Gasteiger partial charge < -0.3 is 9.30 Å². The van der Waals surface area contributed by atoms with Crippen LogP contribution in [0, 0.1) is 5.92 Å². The van der Waals surface area contributed by atoms with E-state index in [2.05, 4.69) is 26.0 Å². The standard InChI is InChI=1S/C21H26N2O4S2/c1-26-18-10-6-9-16-17(19-11-22-20(28-19)14-29(24,25)27-2)13-23(21(16)18)12-15-7-4-3-5-8-15/h6,9-11,13,15H,3-5,7-8,12,14H2,1-2H3. The van der Waals surface area contributed by atoms with E-state index in [0.717, 1.165) is 33.6 Å². The third-order valence-electron chi connectivity index (χ3n) is 5.63. The quantitative estimate of drug-likeness (QED) is 0.498. The molecule has 0 saturated heterocycles. The molecular weight excluding hydrogens is 408 g/mol. The van der Waals surface area contributed by atoms with Gasteiger partial charge in [0.15, 0.2) is 0 Å². The van der Waals surface area contributed by atoms with Crippen molar-refractivity contribution in [2.45, 2.75) is 44.4 Å². The third kappa shape index (κ3) is 4.34. The molecule has 0 unspecified atom stereocenters. The molecule has 6 nitrogen and oxygen atoms in total. The summed E-state index contributed by atoms with van der Waals surface area (Å²) in [5.41, 5.74) is 2.16. The summed E-state index contributed by atoms with van der Waals surface area (Å²) in [4.78, 5) is 5.27. The second kappa shape index (κ2) is 8.45. The van der Waals surface area contributed by atoms with Gasteiger partial charge in [-0.25, -0.2) is 4.98 Å². The summed E-state index contributed by atoms with van der Waals surface area (Å²) < 4.78 is 36.1. The largest absolute Gasteiger partial charge is 0.495 e. The Morgan fingerprint density at radius 2 is 2.00 bits per heavy atom. The van der Waals surface area contributed by atoms with Crippen LogP contribution in [-0.4, -0.2) is 32.2 Å². The van der Waals surface area contributed by atoms with E-state index in [0.29, 0.717) is 10.9 Å². The Kier molecular flexibility index (Phi) is 5.94. The summed E-state index contributed by atoms with van der Waals surface area (Å²) >= 11 is 1.39. The number of methoxy groups -OCH3 is 1. The molecule has 2 aromatic heterocycles. The fourth-order valence-electron chi connectivity index (χ4n) is 4.19. The fraction of sp³-hybridized carbons (Fsp3) is 0.476. The van der Waals surface area contributed by atoms with E-state index < -0.39 is 10.1 Å². The van der Waals surface area contributed by atoms with Gasteiger partial charge in [-0.05, 0) is 24.8 Å². The monoisotopic (exact) mass is 434 g/mol. The lowest BCUT2D eigenvalue weighted by molar-refractivity contribution is 0.321. The van der Waals surface area contributed by atoms with E-state index >= 15 is 0 Å². The maximum absolute atomic E-state index is 11.8. The molecule has 1 saturated carbocycles. The maximum atomic E-state index is 11.8. The second-order valence-corrected chi connectivity index (χ2v) is 10.4. The molecular formula is C21H26N2O4S2. The number of fused-ring (bicyclic) bond motifs is 1. The molecule has 1 aliphatic carbocycles. The van der Waals surface area contributed by atoms with Gasteiger partial charge in [-0.1, -0.05) is 31.4 Å². The van der Waals surface area contributed by atoms with Crippen molar-refractivity contribution in [1.82, 2.24) is 9.55 Å². The number of hydrogen-bond donors (Lipinski definition) is 0. The van der Waals surface area contributed by atoms with Crippen molar-refractivity contribution < 1.29 is 17.3 Å². The third-order valence-corrected chi connectivity index (χ3v) is 7.98. The van der Waals surface area contributed by atoms with Crippen LogP contribution < -0.4 is 4.74 Å². The molecule has 1 aromatic carbocycles. The SMILES string of the molecule is COc1cccc2c(-c3cnc(CS(=O)(=O)OC)s3)cn(CC3CCCCC3)c12. The van der Waals surface area contributed by atoms with E-state index in [9.17, 15) is 8.42 Å². The molecule has 0 atom stereocenters. The average molecular weight is 435 g/mol. The zero-order chi connectivity index (χ0) is 20.4. The fourth-order valence-corrected chi connectivity index (χ4v) is 6.09. The van der Waals surface area contributed by atoms with Crippen molar-refractivity contribution in [1.29, 1.82) is 0 Å². The minimum Gasteiger partial charge on any atom is -0.495 e. The normalized spacial score (nSPS) is 15.8. The van der Waals surface area contributed by atoms with Gasteiger partial charge in [-0.2, -0.15) is 8.42 Å². The Morgan fingerprint density at radius 1 is 1.21 bits per heavy atom. The summed E-state index contributed by atoms with van der Waals surface area (Å²) in [6.45, 7) is 0.973. The summed E-state index contributed by atoms with van der Waals surface area (Å²) in [6, 6.07) is 6.08. The van der Waals surface area contributed by atoms with Crippen LogP contribution in [-0.2, 0) is 26.6 Å². The number of benzene rings is 1. The molecule has 0 spiro atoms. The highest BCUT2D eigenvalue weighted by Crippen LogP contribution is 2.39. The molecule has 0 radical (unpaired) electrons. The van der Waals surface area contributed by atoms with E-state index in [4.69, 9.17) is 4.74 Å². The van der Waals surface area contributed by atoms with Crippen molar-refractivity contribution in [3.05, 3.63) is 35.6 Å². The van der Waals surface area contributed by atoms with Gasteiger partial charge in [0.2, 0.25) is 0 Å². The van der Waals surface area contributed by atoms with Crippen molar-refractivity contribution in [3.63, 3.8) is 0 Å². The topological polar surface area (TPSA) is 70.4 Å². The molecule has 8 heteroatoms. The Bertz CT molecular complexity index is 1100. The van der Waals surface area contributed by atoms with Crippen LogP contribution in [0.5, 0.6) is 5.75 Å². The van der Waals surface area contributed by atoms with Crippen LogP contribution in [0.3, 0.4) is 0 Å². The molecule has 1 fully saturated rings. The summed E-state index contributed by atoms with van der Waals surface area (Å²) in [6.07, 6.45) is 10.4. The van der Waals surface area contributed by atoms with Crippen molar-refractivity contribution in [3.8, 4) is 16.2 Å². The lowest BCUT2D eigenvalue weighted by atomic mass is 9.89. The van der Waals surface area contributed by atoms with Crippen LogP contribution in [0.1, 0.15) is 37.1 Å².